The number of amides is 1. The monoisotopic (exact) mass is 323 g/mol. The molecule has 1 aliphatic heterocycles. The number of aromatic nitrogens is 4. The fourth-order valence-electron chi connectivity index (χ4n) is 3.36. The van der Waals surface area contributed by atoms with Crippen molar-refractivity contribution in [3.63, 3.8) is 0 Å². The molecule has 0 N–H and O–H groups in total. The molecule has 1 saturated heterocycles. The minimum absolute atomic E-state index is 0.126. The number of piperidine rings is 1. The summed E-state index contributed by atoms with van der Waals surface area (Å²) >= 11 is 0. The SMILES string of the molecule is O=C1CC[C@@H](c2nc(-c3cn4ccccc4n3)no2)CN1C1CC1. The first-order chi connectivity index (χ1) is 11.8. The Hall–Kier alpha value is -2.70. The van der Waals surface area contributed by atoms with Crippen LogP contribution < -0.4 is 0 Å². The van der Waals surface area contributed by atoms with Crippen LogP contribution in [-0.4, -0.2) is 42.9 Å². The Bertz CT molecular complexity index is 877. The summed E-state index contributed by atoms with van der Waals surface area (Å²) in [6.45, 7) is 0.691. The maximum absolute atomic E-state index is 12.0. The Morgan fingerprint density at radius 2 is 2.08 bits per heavy atom. The first-order valence-corrected chi connectivity index (χ1v) is 8.35. The first kappa shape index (κ1) is 13.7. The van der Waals surface area contributed by atoms with Crippen LogP contribution in [0.25, 0.3) is 17.2 Å². The van der Waals surface area contributed by atoms with E-state index >= 15 is 0 Å². The maximum atomic E-state index is 12.0. The number of imidazole rings is 1. The highest BCUT2D eigenvalue weighted by molar-refractivity contribution is 5.77. The van der Waals surface area contributed by atoms with Crippen molar-refractivity contribution in [2.24, 2.45) is 0 Å². The van der Waals surface area contributed by atoms with E-state index in [1.807, 2.05) is 39.9 Å². The summed E-state index contributed by atoms with van der Waals surface area (Å²) in [6.07, 6.45) is 7.41. The summed E-state index contributed by atoms with van der Waals surface area (Å²) in [5, 5.41) is 4.10. The Kier molecular flexibility index (Phi) is 2.95. The molecule has 1 atom stereocenters. The lowest BCUT2D eigenvalue weighted by atomic mass is 9.97. The zero-order valence-corrected chi connectivity index (χ0v) is 13.1. The van der Waals surface area contributed by atoms with E-state index in [1.54, 1.807) is 0 Å². The number of fused-ring (bicyclic) bond motifs is 1. The minimum atomic E-state index is 0.126. The van der Waals surface area contributed by atoms with E-state index in [4.69, 9.17) is 4.52 Å². The number of nitrogens with zero attached hydrogens (tertiary/aromatic N) is 5. The third-order valence-electron chi connectivity index (χ3n) is 4.82. The molecule has 0 aromatic carbocycles. The Labute approximate surface area is 138 Å². The summed E-state index contributed by atoms with van der Waals surface area (Å²) in [7, 11) is 0. The van der Waals surface area contributed by atoms with Gasteiger partial charge in [0.05, 0.1) is 5.92 Å². The van der Waals surface area contributed by atoms with Crippen molar-refractivity contribution in [3.05, 3.63) is 36.5 Å². The number of hydrogen-bond donors (Lipinski definition) is 0. The third-order valence-corrected chi connectivity index (χ3v) is 4.82. The maximum Gasteiger partial charge on any atom is 0.231 e. The molecule has 2 aliphatic rings. The van der Waals surface area contributed by atoms with Crippen molar-refractivity contribution < 1.29 is 9.32 Å². The van der Waals surface area contributed by atoms with E-state index in [0.717, 1.165) is 24.9 Å². The van der Waals surface area contributed by atoms with E-state index in [1.165, 1.54) is 0 Å². The summed E-state index contributed by atoms with van der Waals surface area (Å²) in [5.74, 6) is 1.50. The molecule has 1 amide bonds. The molecule has 2 fully saturated rings. The molecule has 3 aromatic heterocycles. The van der Waals surface area contributed by atoms with Crippen LogP contribution in [0.5, 0.6) is 0 Å². The van der Waals surface area contributed by atoms with Gasteiger partial charge in [-0.2, -0.15) is 4.98 Å². The van der Waals surface area contributed by atoms with Gasteiger partial charge < -0.3 is 13.8 Å². The van der Waals surface area contributed by atoms with Gasteiger partial charge in [-0.15, -0.1) is 0 Å². The summed E-state index contributed by atoms with van der Waals surface area (Å²) in [6, 6.07) is 6.26. The van der Waals surface area contributed by atoms with Gasteiger partial charge in [0, 0.05) is 31.4 Å². The predicted octanol–water partition coefficient (Wildman–Crippen LogP) is 2.25. The molecule has 3 aromatic rings. The average Bonchev–Trinajstić information content (AvgIpc) is 3.16. The zero-order chi connectivity index (χ0) is 16.1. The largest absolute Gasteiger partial charge is 0.339 e. The van der Waals surface area contributed by atoms with Crippen molar-refractivity contribution in [3.8, 4) is 11.5 Å². The molecule has 5 rings (SSSR count). The van der Waals surface area contributed by atoms with Crippen LogP contribution in [0.2, 0.25) is 0 Å². The fourth-order valence-corrected chi connectivity index (χ4v) is 3.36. The summed E-state index contributed by atoms with van der Waals surface area (Å²) in [5.41, 5.74) is 1.55. The fraction of sp³-hybridized carbons (Fsp3) is 0.412. The Morgan fingerprint density at radius 3 is 2.92 bits per heavy atom. The van der Waals surface area contributed by atoms with E-state index < -0.39 is 0 Å². The molecular weight excluding hydrogens is 306 g/mol. The van der Waals surface area contributed by atoms with Gasteiger partial charge >= 0.3 is 0 Å². The standard InChI is InChI=1S/C17H17N5O2/c23-15-7-4-11(9-22(15)12-5-6-12)17-19-16(20-24-17)13-10-21-8-2-1-3-14(21)18-13/h1-3,8,10-12H,4-7,9H2/t11-/m1/s1. The molecule has 1 aliphatic carbocycles. The summed E-state index contributed by atoms with van der Waals surface area (Å²) in [4.78, 5) is 23.1. The van der Waals surface area contributed by atoms with Gasteiger partial charge in [0.25, 0.3) is 0 Å². The van der Waals surface area contributed by atoms with Gasteiger partial charge in [-0.1, -0.05) is 11.2 Å². The number of carbonyl (C=O) groups is 1. The van der Waals surface area contributed by atoms with Gasteiger partial charge in [0.15, 0.2) is 0 Å². The molecule has 0 bridgehead atoms. The van der Waals surface area contributed by atoms with Crippen molar-refractivity contribution in [1.82, 2.24) is 24.4 Å². The lowest BCUT2D eigenvalue weighted by Gasteiger charge is -2.30. The number of rotatable bonds is 3. The number of hydrogen-bond acceptors (Lipinski definition) is 5. The molecule has 0 radical (unpaired) electrons. The Balaban J connectivity index is 1.41. The third kappa shape index (κ3) is 2.28. The van der Waals surface area contributed by atoms with Crippen LogP contribution in [0, 0.1) is 0 Å². The molecule has 7 nitrogen and oxygen atoms in total. The smallest absolute Gasteiger partial charge is 0.231 e. The molecule has 122 valence electrons. The predicted molar refractivity (Wildman–Crippen MR) is 85.2 cm³/mol. The Morgan fingerprint density at radius 1 is 1.17 bits per heavy atom. The van der Waals surface area contributed by atoms with E-state index in [-0.39, 0.29) is 11.8 Å². The van der Waals surface area contributed by atoms with Gasteiger partial charge in [-0.05, 0) is 31.4 Å². The van der Waals surface area contributed by atoms with E-state index in [9.17, 15) is 4.79 Å². The van der Waals surface area contributed by atoms with Crippen molar-refractivity contribution >= 4 is 11.6 Å². The second-order valence-corrected chi connectivity index (χ2v) is 6.56. The topological polar surface area (TPSA) is 76.5 Å². The highest BCUT2D eigenvalue weighted by Crippen LogP contribution is 2.35. The second kappa shape index (κ2) is 5.15. The van der Waals surface area contributed by atoms with Gasteiger partial charge in [-0.3, -0.25) is 4.79 Å². The number of carbonyl (C=O) groups excluding carboxylic acids is 1. The molecule has 4 heterocycles. The van der Waals surface area contributed by atoms with Crippen molar-refractivity contribution in [2.75, 3.05) is 6.54 Å². The molecule has 0 spiro atoms. The normalized spacial score (nSPS) is 21.6. The van der Waals surface area contributed by atoms with Crippen LogP contribution in [0.1, 0.15) is 37.5 Å². The number of pyridine rings is 1. The van der Waals surface area contributed by atoms with Gasteiger partial charge in [0.2, 0.25) is 17.6 Å². The minimum Gasteiger partial charge on any atom is -0.339 e. The van der Waals surface area contributed by atoms with Crippen LogP contribution >= 0.6 is 0 Å². The highest BCUT2D eigenvalue weighted by atomic mass is 16.5. The lowest BCUT2D eigenvalue weighted by Crippen LogP contribution is -2.40. The quantitative estimate of drug-likeness (QED) is 0.739. The van der Waals surface area contributed by atoms with Crippen molar-refractivity contribution in [2.45, 2.75) is 37.6 Å². The van der Waals surface area contributed by atoms with Crippen LogP contribution in [0.15, 0.2) is 35.1 Å². The zero-order valence-electron chi connectivity index (χ0n) is 13.1. The molecule has 0 unspecified atom stereocenters. The van der Waals surface area contributed by atoms with Gasteiger partial charge in [0.1, 0.15) is 11.3 Å². The molecule has 1 saturated carbocycles. The van der Waals surface area contributed by atoms with E-state index in [2.05, 4.69) is 15.1 Å². The van der Waals surface area contributed by atoms with Crippen LogP contribution in [0.4, 0.5) is 0 Å². The molecular formula is C17H17N5O2. The van der Waals surface area contributed by atoms with Crippen LogP contribution in [0.3, 0.4) is 0 Å². The van der Waals surface area contributed by atoms with E-state index in [0.29, 0.717) is 36.4 Å². The van der Waals surface area contributed by atoms with Crippen LogP contribution in [-0.2, 0) is 4.79 Å². The summed E-state index contributed by atoms with van der Waals surface area (Å²) < 4.78 is 7.42. The van der Waals surface area contributed by atoms with Crippen molar-refractivity contribution in [1.29, 1.82) is 0 Å². The average molecular weight is 323 g/mol. The molecule has 24 heavy (non-hydrogen) atoms. The van der Waals surface area contributed by atoms with Gasteiger partial charge in [-0.25, -0.2) is 4.98 Å². The highest BCUT2D eigenvalue weighted by Gasteiger charge is 2.38. The molecule has 7 heteroatoms. The first-order valence-electron chi connectivity index (χ1n) is 8.35. The second-order valence-electron chi connectivity index (χ2n) is 6.56. The lowest BCUT2D eigenvalue weighted by molar-refractivity contribution is -0.134. The number of likely N-dealkylation sites (tertiary alicyclic amines) is 1.